The van der Waals surface area contributed by atoms with E-state index in [-0.39, 0.29) is 18.0 Å². The number of imidazole rings is 1. The average molecular weight is 462 g/mol. The van der Waals surface area contributed by atoms with Gasteiger partial charge in [0.05, 0.1) is 6.20 Å². The minimum absolute atomic E-state index is 0.110. The Morgan fingerprint density at radius 3 is 2.34 bits per heavy atom. The molecule has 0 radical (unpaired) electrons. The summed E-state index contributed by atoms with van der Waals surface area (Å²) in [7, 11) is 1.65. The van der Waals surface area contributed by atoms with Gasteiger partial charge in [0.15, 0.2) is 5.16 Å². The van der Waals surface area contributed by atoms with Gasteiger partial charge >= 0.3 is 6.18 Å². The second-order valence-corrected chi connectivity index (χ2v) is 7.73. The highest BCUT2D eigenvalue weighted by molar-refractivity contribution is 7.98. The Kier molecular flexibility index (Phi) is 7.24. The van der Waals surface area contributed by atoms with Crippen LogP contribution in [0.25, 0.3) is 5.69 Å². The van der Waals surface area contributed by atoms with E-state index in [1.165, 1.54) is 35.0 Å². The first kappa shape index (κ1) is 23.4. The largest absolute Gasteiger partial charge is 0.405 e. The van der Waals surface area contributed by atoms with E-state index in [1.54, 1.807) is 23.7 Å². The molecule has 0 aliphatic carbocycles. The number of alkyl halides is 3. The van der Waals surface area contributed by atoms with Crippen LogP contribution in [-0.2, 0) is 6.54 Å². The van der Waals surface area contributed by atoms with Crippen molar-refractivity contribution >= 4 is 23.6 Å². The number of amides is 2. The van der Waals surface area contributed by atoms with Gasteiger partial charge in [-0.25, -0.2) is 4.98 Å². The molecule has 0 saturated carbocycles. The summed E-state index contributed by atoms with van der Waals surface area (Å²) in [6.07, 6.45) is -1.06. The van der Waals surface area contributed by atoms with Crippen LogP contribution in [0.2, 0.25) is 0 Å². The number of halogens is 3. The molecule has 3 aromatic rings. The third-order valence-electron chi connectivity index (χ3n) is 4.58. The summed E-state index contributed by atoms with van der Waals surface area (Å²) in [5.41, 5.74) is 2.06. The van der Waals surface area contributed by atoms with Gasteiger partial charge in [-0.05, 0) is 36.1 Å². The molecule has 0 bridgehead atoms. The Morgan fingerprint density at radius 2 is 1.75 bits per heavy atom. The number of hydrogen-bond acceptors (Lipinski definition) is 4. The van der Waals surface area contributed by atoms with Crippen molar-refractivity contribution in [3.63, 3.8) is 0 Å². The van der Waals surface area contributed by atoms with Crippen molar-refractivity contribution in [1.29, 1.82) is 0 Å². The molecule has 0 aliphatic rings. The fraction of sp³-hybridized carbons (Fsp3) is 0.227. The van der Waals surface area contributed by atoms with Crippen molar-refractivity contribution in [3.8, 4) is 5.69 Å². The van der Waals surface area contributed by atoms with Crippen molar-refractivity contribution in [2.45, 2.75) is 17.9 Å². The maximum Gasteiger partial charge on any atom is 0.405 e. The highest BCUT2D eigenvalue weighted by Crippen LogP contribution is 2.23. The van der Waals surface area contributed by atoms with Gasteiger partial charge in [0.2, 0.25) is 0 Å². The highest BCUT2D eigenvalue weighted by atomic mass is 32.2. The molecule has 32 heavy (non-hydrogen) atoms. The summed E-state index contributed by atoms with van der Waals surface area (Å²) in [6, 6.07) is 15.5. The lowest BCUT2D eigenvalue weighted by atomic mass is 10.1. The Labute approximate surface area is 187 Å². The Balaban J connectivity index is 1.72. The molecule has 0 aliphatic heterocycles. The number of nitrogens with one attached hydrogen (secondary N) is 1. The van der Waals surface area contributed by atoms with Crippen molar-refractivity contribution in [3.05, 3.63) is 77.6 Å². The zero-order chi connectivity index (χ0) is 23.3. The lowest BCUT2D eigenvalue weighted by Gasteiger charge is -2.19. The second-order valence-electron chi connectivity index (χ2n) is 6.96. The van der Waals surface area contributed by atoms with Crippen molar-refractivity contribution in [2.75, 3.05) is 19.8 Å². The molecule has 1 aromatic heterocycles. The van der Waals surface area contributed by atoms with Crippen LogP contribution in [0, 0.1) is 0 Å². The molecule has 0 atom stereocenters. The van der Waals surface area contributed by atoms with E-state index in [2.05, 4.69) is 4.98 Å². The molecular weight excluding hydrogens is 441 g/mol. The maximum absolute atomic E-state index is 13.1. The standard InChI is InChI=1S/C22H21F3N4O2S/c1-28(13-15-8-10-16(11-9-15)19(30)27-14-22(23,24)25)20(31)18-12-26-21(32-2)29(18)17-6-4-3-5-7-17/h3-12H,13-14H2,1-2H3,(H,27,30). The number of carbonyl (C=O) groups excluding carboxylic acids is 2. The van der Waals surface area contributed by atoms with Gasteiger partial charge in [-0.15, -0.1) is 0 Å². The monoisotopic (exact) mass is 462 g/mol. The molecule has 0 fully saturated rings. The third-order valence-corrected chi connectivity index (χ3v) is 5.23. The van der Waals surface area contributed by atoms with Gasteiger partial charge in [0, 0.05) is 24.8 Å². The normalized spacial score (nSPS) is 11.3. The van der Waals surface area contributed by atoms with Gasteiger partial charge in [-0.3, -0.25) is 14.2 Å². The minimum atomic E-state index is -4.47. The topological polar surface area (TPSA) is 67.2 Å². The number of benzene rings is 2. The molecule has 2 amide bonds. The van der Waals surface area contributed by atoms with Crippen LogP contribution in [0.5, 0.6) is 0 Å². The molecule has 0 unspecified atom stereocenters. The number of rotatable bonds is 7. The lowest BCUT2D eigenvalue weighted by Crippen LogP contribution is -2.33. The van der Waals surface area contributed by atoms with Crippen LogP contribution >= 0.6 is 11.8 Å². The average Bonchev–Trinajstić information content (AvgIpc) is 3.21. The summed E-state index contributed by atoms with van der Waals surface area (Å²) < 4.78 is 38.6. The van der Waals surface area contributed by atoms with Crippen molar-refractivity contribution in [2.24, 2.45) is 0 Å². The molecular formula is C22H21F3N4O2S. The Morgan fingerprint density at radius 1 is 1.09 bits per heavy atom. The summed E-state index contributed by atoms with van der Waals surface area (Å²) in [5.74, 6) is -1.05. The quantitative estimate of drug-likeness (QED) is 0.536. The highest BCUT2D eigenvalue weighted by Gasteiger charge is 2.28. The fourth-order valence-corrected chi connectivity index (χ4v) is 3.59. The molecule has 1 N–H and O–H groups in total. The number of para-hydroxylation sites is 1. The zero-order valence-electron chi connectivity index (χ0n) is 17.4. The number of carbonyl (C=O) groups is 2. The summed E-state index contributed by atoms with van der Waals surface area (Å²) in [4.78, 5) is 30.8. The van der Waals surface area contributed by atoms with Crippen molar-refractivity contribution < 1.29 is 22.8 Å². The molecule has 1 heterocycles. The summed E-state index contributed by atoms with van der Waals surface area (Å²) in [5, 5.41) is 2.51. The van der Waals surface area contributed by atoms with Crippen LogP contribution in [0.3, 0.4) is 0 Å². The first-order valence-electron chi connectivity index (χ1n) is 9.56. The number of thioether (sulfide) groups is 1. The Hall–Kier alpha value is -3.27. The van der Waals surface area contributed by atoms with Crippen LogP contribution in [-0.4, -0.2) is 52.3 Å². The zero-order valence-corrected chi connectivity index (χ0v) is 18.2. The predicted octanol–water partition coefficient (Wildman–Crippen LogP) is 4.16. The summed E-state index contributed by atoms with van der Waals surface area (Å²) in [6.45, 7) is -1.14. The van der Waals surface area contributed by atoms with Gasteiger partial charge in [-0.2, -0.15) is 13.2 Å². The van der Waals surface area contributed by atoms with Gasteiger partial charge in [-0.1, -0.05) is 42.1 Å². The molecule has 6 nitrogen and oxygen atoms in total. The second kappa shape index (κ2) is 9.90. The minimum Gasteiger partial charge on any atom is -0.343 e. The van der Waals surface area contributed by atoms with Crippen LogP contribution < -0.4 is 5.32 Å². The van der Waals surface area contributed by atoms with Gasteiger partial charge < -0.3 is 10.2 Å². The van der Waals surface area contributed by atoms with Gasteiger partial charge in [0.1, 0.15) is 12.2 Å². The SMILES string of the molecule is CSc1ncc(C(=O)N(C)Cc2ccc(C(=O)NCC(F)(F)F)cc2)n1-c1ccccc1. The molecule has 10 heteroatoms. The first-order valence-corrected chi connectivity index (χ1v) is 10.8. The maximum atomic E-state index is 13.1. The van der Waals surface area contributed by atoms with Crippen LogP contribution in [0.4, 0.5) is 13.2 Å². The molecule has 0 spiro atoms. The molecule has 168 valence electrons. The number of hydrogen-bond donors (Lipinski definition) is 1. The van der Waals surface area contributed by atoms with E-state index in [9.17, 15) is 22.8 Å². The van der Waals surface area contributed by atoms with E-state index in [0.717, 1.165) is 11.3 Å². The predicted molar refractivity (Wildman–Crippen MR) is 116 cm³/mol. The van der Waals surface area contributed by atoms with E-state index in [0.29, 0.717) is 10.9 Å². The van der Waals surface area contributed by atoms with Crippen LogP contribution in [0.1, 0.15) is 26.4 Å². The third kappa shape index (κ3) is 5.70. The number of nitrogens with zero attached hydrogens (tertiary/aromatic N) is 3. The fourth-order valence-electron chi connectivity index (χ4n) is 3.04. The first-order chi connectivity index (χ1) is 15.2. The van der Waals surface area contributed by atoms with E-state index < -0.39 is 18.6 Å². The van der Waals surface area contributed by atoms with E-state index in [1.807, 2.05) is 41.9 Å². The Bertz CT molecular complexity index is 1080. The van der Waals surface area contributed by atoms with E-state index in [4.69, 9.17) is 0 Å². The van der Waals surface area contributed by atoms with E-state index >= 15 is 0 Å². The van der Waals surface area contributed by atoms with Crippen LogP contribution in [0.15, 0.2) is 66.0 Å². The molecule has 3 rings (SSSR count). The van der Waals surface area contributed by atoms with Crippen molar-refractivity contribution in [1.82, 2.24) is 19.8 Å². The lowest BCUT2D eigenvalue weighted by molar-refractivity contribution is -0.123. The molecule has 2 aromatic carbocycles. The van der Waals surface area contributed by atoms with Gasteiger partial charge in [0.25, 0.3) is 11.8 Å². The summed E-state index contributed by atoms with van der Waals surface area (Å²) >= 11 is 1.43. The number of aromatic nitrogens is 2. The molecule has 0 saturated heterocycles. The smallest absolute Gasteiger partial charge is 0.343 e.